The molecule has 2 rings (SSSR count). The number of carboxylic acids is 1. The SMILES string of the molecule is [2H]C([2H])(/C=C\CCCCC)/C=C\CCCCCCC(C(=O)O)c1cccc2[nH]cc(CCN(C)C)c12. The minimum atomic E-state index is -1.38. The fourth-order valence-corrected chi connectivity index (χ4v) is 4.36. The highest BCUT2D eigenvalue weighted by atomic mass is 16.4. The summed E-state index contributed by atoms with van der Waals surface area (Å²) >= 11 is 0. The van der Waals surface area contributed by atoms with Crippen molar-refractivity contribution in [1.29, 1.82) is 0 Å². The molecule has 1 unspecified atom stereocenters. The lowest BCUT2D eigenvalue weighted by Crippen LogP contribution is -2.15. The van der Waals surface area contributed by atoms with Gasteiger partial charge in [-0.05, 0) is 76.2 Å². The molecule has 1 heterocycles. The molecule has 0 amide bonds. The first-order valence-corrected chi connectivity index (χ1v) is 13.1. The summed E-state index contributed by atoms with van der Waals surface area (Å²) in [6.07, 6.45) is 18.5. The summed E-state index contributed by atoms with van der Waals surface area (Å²) in [5.74, 6) is -1.26. The van der Waals surface area contributed by atoms with Crippen LogP contribution in [0.3, 0.4) is 0 Å². The number of nitrogens with one attached hydrogen (secondary N) is 1. The molecule has 4 nitrogen and oxygen atoms in total. The fraction of sp³-hybridized carbons (Fsp3) is 0.567. The van der Waals surface area contributed by atoms with Crippen molar-refractivity contribution in [3.8, 4) is 0 Å². The van der Waals surface area contributed by atoms with Gasteiger partial charge < -0.3 is 15.0 Å². The largest absolute Gasteiger partial charge is 0.481 e. The number of benzene rings is 1. The number of aliphatic carboxylic acids is 1. The number of carbonyl (C=O) groups is 1. The van der Waals surface area contributed by atoms with E-state index in [4.69, 9.17) is 2.74 Å². The van der Waals surface area contributed by atoms with Crippen molar-refractivity contribution in [2.24, 2.45) is 0 Å². The zero-order valence-corrected chi connectivity index (χ0v) is 21.5. The summed E-state index contributed by atoms with van der Waals surface area (Å²) in [6.45, 7) is 3.09. The van der Waals surface area contributed by atoms with Crippen LogP contribution in [0.15, 0.2) is 48.7 Å². The van der Waals surface area contributed by atoms with Crippen molar-refractivity contribution in [2.45, 2.75) is 89.8 Å². The maximum atomic E-state index is 12.2. The lowest BCUT2D eigenvalue weighted by atomic mass is 9.89. The molecule has 0 radical (unpaired) electrons. The summed E-state index contributed by atoms with van der Waals surface area (Å²) < 4.78 is 16.1. The highest BCUT2D eigenvalue weighted by molar-refractivity contribution is 5.91. The van der Waals surface area contributed by atoms with Gasteiger partial charge in [0, 0.05) is 26.4 Å². The molecule has 2 N–H and O–H groups in total. The number of nitrogens with zero attached hydrogens (tertiary/aromatic N) is 1. The fourth-order valence-electron chi connectivity index (χ4n) is 4.36. The topological polar surface area (TPSA) is 56.3 Å². The zero-order chi connectivity index (χ0) is 26.4. The van der Waals surface area contributed by atoms with Crippen LogP contribution in [0.25, 0.3) is 10.9 Å². The quantitative estimate of drug-likeness (QED) is 0.173. The molecule has 0 aliphatic heterocycles. The van der Waals surface area contributed by atoms with E-state index >= 15 is 0 Å². The first kappa shape index (κ1) is 24.8. The molecule has 0 aliphatic rings. The summed E-state index contributed by atoms with van der Waals surface area (Å²) in [5, 5.41) is 11.1. The Hall–Kier alpha value is -2.33. The molecule has 2 aromatic rings. The van der Waals surface area contributed by atoms with Gasteiger partial charge in [-0.25, -0.2) is 0 Å². The minimum absolute atomic E-state index is 0.501. The molecule has 0 spiro atoms. The van der Waals surface area contributed by atoms with Gasteiger partial charge in [-0.2, -0.15) is 0 Å². The van der Waals surface area contributed by atoms with Crippen LogP contribution >= 0.6 is 0 Å². The Labute approximate surface area is 209 Å². The molecule has 0 aliphatic carbocycles. The first-order valence-electron chi connectivity index (χ1n) is 14.1. The van der Waals surface area contributed by atoms with Crippen molar-refractivity contribution in [1.82, 2.24) is 9.88 Å². The highest BCUT2D eigenvalue weighted by Gasteiger charge is 2.23. The lowest BCUT2D eigenvalue weighted by molar-refractivity contribution is -0.139. The van der Waals surface area contributed by atoms with E-state index in [0.29, 0.717) is 6.42 Å². The highest BCUT2D eigenvalue weighted by Crippen LogP contribution is 2.32. The predicted molar refractivity (Wildman–Crippen MR) is 146 cm³/mol. The van der Waals surface area contributed by atoms with Crippen LogP contribution in [0.5, 0.6) is 0 Å². The van der Waals surface area contributed by atoms with Crippen LogP contribution in [-0.4, -0.2) is 41.6 Å². The Morgan fingerprint density at radius 3 is 2.44 bits per heavy atom. The van der Waals surface area contributed by atoms with Gasteiger partial charge in [0.25, 0.3) is 0 Å². The second kappa shape index (κ2) is 16.3. The first-order chi connectivity index (χ1) is 17.2. The van der Waals surface area contributed by atoms with Crippen LogP contribution in [-0.2, 0) is 11.2 Å². The van der Waals surface area contributed by atoms with Crippen LogP contribution in [0.2, 0.25) is 0 Å². The van der Waals surface area contributed by atoms with E-state index in [0.717, 1.165) is 74.4 Å². The van der Waals surface area contributed by atoms with E-state index in [1.165, 1.54) is 18.4 Å². The van der Waals surface area contributed by atoms with E-state index in [9.17, 15) is 9.90 Å². The molecule has 188 valence electrons. The van der Waals surface area contributed by atoms with Crippen LogP contribution in [0.1, 0.15) is 97.3 Å². The zero-order valence-electron chi connectivity index (χ0n) is 23.5. The number of likely N-dealkylation sites (N-methyl/N-ethyl adjacent to an activating group) is 1. The normalized spacial score (nSPS) is 14.4. The number of fused-ring (bicyclic) bond motifs is 1. The molecular formula is C30H46N2O2. The van der Waals surface area contributed by atoms with E-state index < -0.39 is 18.3 Å². The maximum absolute atomic E-state index is 12.2. The number of hydrogen-bond acceptors (Lipinski definition) is 2. The Morgan fingerprint density at radius 2 is 1.76 bits per heavy atom. The van der Waals surface area contributed by atoms with Gasteiger partial charge >= 0.3 is 5.97 Å². The molecule has 0 saturated carbocycles. The Morgan fingerprint density at radius 1 is 1.06 bits per heavy atom. The Bertz CT molecular complexity index is 978. The van der Waals surface area contributed by atoms with E-state index in [1.54, 1.807) is 12.2 Å². The molecule has 4 heteroatoms. The Balaban J connectivity index is 1.82. The number of aromatic amines is 1. The molecule has 1 atom stereocenters. The molecular weight excluding hydrogens is 420 g/mol. The molecule has 1 aromatic carbocycles. The van der Waals surface area contributed by atoms with Crippen molar-refractivity contribution in [3.05, 3.63) is 59.8 Å². The van der Waals surface area contributed by atoms with Gasteiger partial charge in [0.05, 0.1) is 5.92 Å². The van der Waals surface area contributed by atoms with Gasteiger partial charge in [0.1, 0.15) is 0 Å². The number of unbranched alkanes of at least 4 members (excludes halogenated alkanes) is 7. The van der Waals surface area contributed by atoms with E-state index in [1.807, 2.05) is 36.5 Å². The average molecular weight is 469 g/mol. The smallest absolute Gasteiger partial charge is 0.310 e. The van der Waals surface area contributed by atoms with Crippen molar-refractivity contribution in [3.63, 3.8) is 0 Å². The van der Waals surface area contributed by atoms with Crippen LogP contribution in [0, 0.1) is 0 Å². The molecule has 0 bridgehead atoms. The summed E-state index contributed by atoms with van der Waals surface area (Å²) in [6, 6.07) is 5.95. The number of rotatable bonds is 18. The van der Waals surface area contributed by atoms with Gasteiger partial charge in [-0.3, -0.25) is 4.79 Å². The number of allylic oxidation sites excluding steroid dienone is 4. The van der Waals surface area contributed by atoms with Gasteiger partial charge in [0.15, 0.2) is 0 Å². The summed E-state index contributed by atoms with van der Waals surface area (Å²) in [4.78, 5) is 17.7. The van der Waals surface area contributed by atoms with Crippen LogP contribution in [0.4, 0.5) is 0 Å². The monoisotopic (exact) mass is 468 g/mol. The molecule has 1 aromatic heterocycles. The maximum Gasteiger partial charge on any atom is 0.310 e. The second-order valence-corrected chi connectivity index (χ2v) is 9.49. The standard InChI is InChI=1S/C30H46N2O2/c1-4-5-6-7-8-9-10-11-12-13-14-15-16-17-19-27(30(33)34)26-20-18-21-28-29(26)25(24-31-28)22-23-32(2)3/h8-9,11-12,18,20-21,24,27,31H,4-7,10,13-17,19,22-23H2,1-3H3,(H,33,34)/b9-8-,12-11-/i10D2. The number of carboxylic acid groups (broad SMARTS) is 1. The van der Waals surface area contributed by atoms with Crippen molar-refractivity contribution < 1.29 is 12.6 Å². The second-order valence-electron chi connectivity index (χ2n) is 9.49. The summed E-state index contributed by atoms with van der Waals surface area (Å²) in [5.41, 5.74) is 3.11. The molecule has 34 heavy (non-hydrogen) atoms. The third-order valence-electron chi connectivity index (χ3n) is 6.34. The van der Waals surface area contributed by atoms with E-state index in [-0.39, 0.29) is 0 Å². The Kier molecular flexibility index (Phi) is 11.9. The van der Waals surface area contributed by atoms with Crippen molar-refractivity contribution >= 4 is 16.9 Å². The van der Waals surface area contributed by atoms with Gasteiger partial charge in [0.2, 0.25) is 0 Å². The lowest BCUT2D eigenvalue weighted by Gasteiger charge is -2.16. The molecule has 0 saturated heterocycles. The van der Waals surface area contributed by atoms with Crippen LogP contribution < -0.4 is 0 Å². The third-order valence-corrected chi connectivity index (χ3v) is 6.34. The number of aromatic nitrogens is 1. The number of H-pyrrole nitrogens is 1. The van der Waals surface area contributed by atoms with Crippen molar-refractivity contribution in [2.75, 3.05) is 20.6 Å². The average Bonchev–Trinajstić information content (AvgIpc) is 3.25. The molecule has 0 fully saturated rings. The summed E-state index contributed by atoms with van der Waals surface area (Å²) in [7, 11) is 4.10. The number of hydrogen-bond donors (Lipinski definition) is 2. The van der Waals surface area contributed by atoms with Gasteiger partial charge in [-0.15, -0.1) is 0 Å². The van der Waals surface area contributed by atoms with Gasteiger partial charge in [-0.1, -0.05) is 75.5 Å². The predicted octanol–water partition coefficient (Wildman–Crippen LogP) is 7.86. The van der Waals surface area contributed by atoms with E-state index in [2.05, 4.69) is 30.9 Å². The minimum Gasteiger partial charge on any atom is -0.481 e. The third kappa shape index (κ3) is 9.89.